The number of benzene rings is 1. The largest absolute Gasteiger partial charge is 0.241 e. The van der Waals surface area contributed by atoms with Crippen LogP contribution in [0, 0.1) is 0 Å². The van der Waals surface area contributed by atoms with E-state index in [-0.39, 0.29) is 1.43 Å². The van der Waals surface area contributed by atoms with Gasteiger partial charge in [-0.2, -0.15) is 0 Å². The molecule has 3 nitrogen and oxygen atoms in total. The second-order valence-corrected chi connectivity index (χ2v) is 7.27. The van der Waals surface area contributed by atoms with Crippen LogP contribution in [0.15, 0.2) is 29.2 Å². The Morgan fingerprint density at radius 1 is 1.24 bits per heavy atom. The first kappa shape index (κ1) is 14.2. The van der Waals surface area contributed by atoms with Crippen molar-refractivity contribution in [3.8, 4) is 0 Å². The first-order valence-corrected chi connectivity index (χ1v) is 7.24. The fraction of sp³-hybridized carbons (Fsp3) is 0.538. The number of nitrogens with one attached hydrogen (secondary N) is 1. The summed E-state index contributed by atoms with van der Waals surface area (Å²) in [6.07, 6.45) is 0. The van der Waals surface area contributed by atoms with Gasteiger partial charge in [0.2, 0.25) is 10.0 Å². The molecule has 0 bridgehead atoms. The normalized spacial score (nSPS) is 13.1. The van der Waals surface area contributed by atoms with E-state index < -0.39 is 15.6 Å². The van der Waals surface area contributed by atoms with E-state index in [4.69, 9.17) is 0 Å². The summed E-state index contributed by atoms with van der Waals surface area (Å²) in [6.45, 7) is 9.58. The molecule has 0 amide bonds. The van der Waals surface area contributed by atoms with Crippen LogP contribution in [0.3, 0.4) is 0 Å². The number of hydrogen-bond acceptors (Lipinski definition) is 2. The van der Waals surface area contributed by atoms with Gasteiger partial charge in [-0.1, -0.05) is 26.0 Å². The van der Waals surface area contributed by atoms with Gasteiger partial charge in [-0.3, -0.25) is 0 Å². The fourth-order valence-corrected chi connectivity index (χ4v) is 2.98. The van der Waals surface area contributed by atoms with Crippen molar-refractivity contribution in [2.24, 2.45) is 0 Å². The molecule has 0 radical (unpaired) electrons. The summed E-state index contributed by atoms with van der Waals surface area (Å²) < 4.78 is 26.9. The Bertz CT molecular complexity index is 490. The molecule has 0 spiro atoms. The second-order valence-electron chi connectivity index (χ2n) is 5.58. The van der Waals surface area contributed by atoms with Gasteiger partial charge in [0.15, 0.2) is 0 Å². The fourth-order valence-electron chi connectivity index (χ4n) is 1.50. The van der Waals surface area contributed by atoms with Crippen molar-refractivity contribution in [3.63, 3.8) is 0 Å². The summed E-state index contributed by atoms with van der Waals surface area (Å²) in [5.74, 6) is 0.319. The lowest BCUT2D eigenvalue weighted by molar-refractivity contribution is 0.491. The molecule has 0 aliphatic carbocycles. The molecule has 0 saturated carbocycles. The van der Waals surface area contributed by atoms with E-state index in [1.54, 1.807) is 18.2 Å². The lowest BCUT2D eigenvalue weighted by Crippen LogP contribution is -2.40. The Morgan fingerprint density at radius 2 is 1.82 bits per heavy atom. The maximum absolute atomic E-state index is 12.1. The molecule has 1 aromatic rings. The third-order valence-corrected chi connectivity index (χ3v) is 4.03. The molecule has 0 unspecified atom stereocenters. The van der Waals surface area contributed by atoms with Gasteiger partial charge in [-0.15, -0.1) is 0 Å². The second kappa shape index (κ2) is 4.78. The van der Waals surface area contributed by atoms with Crippen molar-refractivity contribution < 1.29 is 9.84 Å². The van der Waals surface area contributed by atoms with E-state index in [2.05, 4.69) is 4.72 Å². The zero-order valence-corrected chi connectivity index (χ0v) is 11.9. The third kappa shape index (κ3) is 4.13. The van der Waals surface area contributed by atoms with Crippen LogP contribution in [0.4, 0.5) is 0 Å². The third-order valence-electron chi connectivity index (χ3n) is 2.28. The molecule has 1 rings (SSSR count). The zero-order valence-electron chi connectivity index (χ0n) is 11.1. The lowest BCUT2D eigenvalue weighted by Gasteiger charge is -2.20. The molecule has 4 heteroatoms. The molecule has 1 N–H and O–H groups in total. The highest BCUT2D eigenvalue weighted by molar-refractivity contribution is 7.89. The Balaban J connectivity index is 0.00000289. The van der Waals surface area contributed by atoms with Crippen LogP contribution in [0.2, 0.25) is 0 Å². The monoisotopic (exact) mass is 257 g/mol. The molecule has 0 heterocycles. The van der Waals surface area contributed by atoms with Gasteiger partial charge in [0.05, 0.1) is 4.90 Å². The highest BCUT2D eigenvalue weighted by atomic mass is 32.2. The Labute approximate surface area is 106 Å². The van der Waals surface area contributed by atoms with Gasteiger partial charge < -0.3 is 0 Å². The van der Waals surface area contributed by atoms with E-state index in [1.165, 1.54) is 0 Å². The molecule has 0 atom stereocenters. The van der Waals surface area contributed by atoms with Crippen LogP contribution in [0.1, 0.15) is 47.5 Å². The Morgan fingerprint density at radius 3 is 2.29 bits per heavy atom. The minimum atomic E-state index is -3.42. The summed E-state index contributed by atoms with van der Waals surface area (Å²) in [5.41, 5.74) is 0.564. The number of hydrogen-bond donors (Lipinski definition) is 1. The first-order valence-electron chi connectivity index (χ1n) is 5.76. The molecule has 0 aliphatic heterocycles. The minimum Gasteiger partial charge on any atom is -0.207 e. The maximum Gasteiger partial charge on any atom is 0.241 e. The van der Waals surface area contributed by atoms with E-state index >= 15 is 0 Å². The molecule has 17 heavy (non-hydrogen) atoms. The predicted octanol–water partition coefficient (Wildman–Crippen LogP) is 3.13. The molecule has 0 aliphatic rings. The smallest absolute Gasteiger partial charge is 0.207 e. The quantitative estimate of drug-likeness (QED) is 0.904. The zero-order chi connectivity index (χ0) is 13.3. The van der Waals surface area contributed by atoms with Crippen molar-refractivity contribution in [3.05, 3.63) is 29.8 Å². The standard InChI is InChI=1S/C13H21NO2S.H2/c1-10(2)11-7-6-8-12(9-11)17(15,16)14-13(3,4)5;/h6-10,14H,1-5H3;1H. The van der Waals surface area contributed by atoms with E-state index in [9.17, 15) is 8.42 Å². The van der Waals surface area contributed by atoms with Crippen molar-refractivity contribution >= 4 is 10.0 Å². The van der Waals surface area contributed by atoms with Crippen molar-refractivity contribution in [2.45, 2.75) is 51.0 Å². The topological polar surface area (TPSA) is 46.2 Å². The Kier molecular flexibility index (Phi) is 3.99. The van der Waals surface area contributed by atoms with Crippen LogP contribution in [0.5, 0.6) is 0 Å². The molecular weight excluding hydrogens is 234 g/mol. The SMILES string of the molecule is CC(C)c1cccc(S(=O)(=O)NC(C)(C)C)c1.[HH]. The highest BCUT2D eigenvalue weighted by Gasteiger charge is 2.22. The van der Waals surface area contributed by atoms with Gasteiger partial charge >= 0.3 is 0 Å². The summed E-state index contributed by atoms with van der Waals surface area (Å²) in [4.78, 5) is 0.332. The van der Waals surface area contributed by atoms with E-state index in [0.717, 1.165) is 5.56 Å². The number of rotatable bonds is 3. The number of sulfonamides is 1. The highest BCUT2D eigenvalue weighted by Crippen LogP contribution is 2.19. The maximum atomic E-state index is 12.1. The molecule has 0 aromatic heterocycles. The molecule has 0 fully saturated rings. The molecular formula is C13H23NO2S. The molecule has 98 valence electrons. The Hall–Kier alpha value is -0.870. The van der Waals surface area contributed by atoms with Gasteiger partial charge in [-0.25, -0.2) is 13.1 Å². The molecule has 0 saturated heterocycles. The van der Waals surface area contributed by atoms with Crippen LogP contribution < -0.4 is 4.72 Å². The van der Waals surface area contributed by atoms with Gasteiger partial charge in [0.25, 0.3) is 0 Å². The summed E-state index contributed by atoms with van der Waals surface area (Å²) in [7, 11) is -3.42. The van der Waals surface area contributed by atoms with E-state index in [0.29, 0.717) is 10.8 Å². The molecule has 1 aromatic carbocycles. The van der Waals surface area contributed by atoms with Crippen molar-refractivity contribution in [1.82, 2.24) is 4.72 Å². The average molecular weight is 257 g/mol. The van der Waals surface area contributed by atoms with Gasteiger partial charge in [-0.05, 0) is 44.4 Å². The van der Waals surface area contributed by atoms with Crippen molar-refractivity contribution in [1.29, 1.82) is 0 Å². The van der Waals surface area contributed by atoms with Gasteiger partial charge in [0, 0.05) is 6.97 Å². The lowest BCUT2D eigenvalue weighted by atomic mass is 10.0. The van der Waals surface area contributed by atoms with E-state index in [1.807, 2.05) is 40.7 Å². The minimum absolute atomic E-state index is 0. The van der Waals surface area contributed by atoms with Crippen LogP contribution in [-0.4, -0.2) is 14.0 Å². The average Bonchev–Trinajstić information content (AvgIpc) is 2.14. The van der Waals surface area contributed by atoms with Crippen LogP contribution in [-0.2, 0) is 10.0 Å². The van der Waals surface area contributed by atoms with Crippen LogP contribution >= 0.6 is 0 Å². The van der Waals surface area contributed by atoms with Crippen molar-refractivity contribution in [2.75, 3.05) is 0 Å². The summed E-state index contributed by atoms with van der Waals surface area (Å²) >= 11 is 0. The van der Waals surface area contributed by atoms with Gasteiger partial charge in [0.1, 0.15) is 0 Å². The predicted molar refractivity (Wildman–Crippen MR) is 72.7 cm³/mol. The summed E-state index contributed by atoms with van der Waals surface area (Å²) in [5, 5.41) is 0. The summed E-state index contributed by atoms with van der Waals surface area (Å²) in [6, 6.07) is 7.09. The van der Waals surface area contributed by atoms with Crippen LogP contribution in [0.25, 0.3) is 0 Å². The first-order chi connectivity index (χ1) is 7.62.